The largest absolute Gasteiger partial charge is 0.456 e. The van der Waals surface area contributed by atoms with Gasteiger partial charge in [0.05, 0.1) is 11.1 Å². The molecule has 11 aromatic rings. The molecule has 0 spiro atoms. The second kappa shape index (κ2) is 13.0. The zero-order valence-corrected chi connectivity index (χ0v) is 30.2. The van der Waals surface area contributed by atoms with Crippen LogP contribution in [0.4, 0.5) is 34.1 Å². The predicted molar refractivity (Wildman–Crippen MR) is 231 cm³/mol. The highest BCUT2D eigenvalue weighted by Gasteiger charge is 2.24. The van der Waals surface area contributed by atoms with E-state index in [1.165, 1.54) is 10.8 Å². The van der Waals surface area contributed by atoms with Gasteiger partial charge in [0.15, 0.2) is 5.58 Å². The van der Waals surface area contributed by atoms with Crippen molar-refractivity contribution in [2.24, 2.45) is 0 Å². The van der Waals surface area contributed by atoms with E-state index in [1.807, 2.05) is 42.5 Å². The topological polar surface area (TPSA) is 45.7 Å². The molecule has 0 aliphatic heterocycles. The van der Waals surface area contributed by atoms with E-state index in [0.29, 0.717) is 5.89 Å². The smallest absolute Gasteiger partial charge is 0.227 e. The normalized spacial score (nSPS) is 11.6. The van der Waals surface area contributed by atoms with Crippen molar-refractivity contribution in [1.82, 2.24) is 4.98 Å². The van der Waals surface area contributed by atoms with Crippen molar-refractivity contribution in [2.45, 2.75) is 0 Å². The Hall–Kier alpha value is -7.63. The van der Waals surface area contributed by atoms with Crippen LogP contribution < -0.4 is 9.80 Å². The number of nitrogens with zero attached hydrogens (tertiary/aromatic N) is 3. The molecule has 0 aliphatic rings. The van der Waals surface area contributed by atoms with Crippen molar-refractivity contribution < 1.29 is 8.83 Å². The molecule has 0 atom stereocenters. The second-order valence-electron chi connectivity index (χ2n) is 14.0. The molecule has 2 heterocycles. The van der Waals surface area contributed by atoms with E-state index < -0.39 is 0 Å². The maximum absolute atomic E-state index is 6.80. The summed E-state index contributed by atoms with van der Waals surface area (Å²) in [6.07, 6.45) is 0. The SMILES string of the molecule is c1ccc(-c2nc3ccc4cc(N(c5ccccc5)c5ccc6ccccc6c5)cc(N(c5ccccc5)c5ccc6oc7ccccc7c6c5)c4c3o2)cc1. The van der Waals surface area contributed by atoms with Gasteiger partial charge in [-0.3, -0.25) is 0 Å². The summed E-state index contributed by atoms with van der Waals surface area (Å²) in [6.45, 7) is 0. The molecule has 264 valence electrons. The molecule has 0 unspecified atom stereocenters. The molecule has 5 nitrogen and oxygen atoms in total. The molecule has 0 saturated heterocycles. The molecule has 0 bridgehead atoms. The first kappa shape index (κ1) is 31.9. The minimum absolute atomic E-state index is 0.586. The van der Waals surface area contributed by atoms with Crippen LogP contribution in [0.15, 0.2) is 209 Å². The van der Waals surface area contributed by atoms with E-state index in [1.54, 1.807) is 0 Å². The number of anilines is 6. The first-order chi connectivity index (χ1) is 27.7. The van der Waals surface area contributed by atoms with Crippen LogP contribution in [0.2, 0.25) is 0 Å². The van der Waals surface area contributed by atoms with Crippen molar-refractivity contribution >= 4 is 88.7 Å². The van der Waals surface area contributed by atoms with Crippen molar-refractivity contribution in [3.8, 4) is 11.5 Å². The highest BCUT2D eigenvalue weighted by atomic mass is 16.3. The second-order valence-corrected chi connectivity index (χ2v) is 14.0. The maximum atomic E-state index is 6.80. The van der Waals surface area contributed by atoms with Gasteiger partial charge in [-0.2, -0.15) is 0 Å². The van der Waals surface area contributed by atoms with Crippen molar-refractivity contribution in [3.05, 3.63) is 200 Å². The van der Waals surface area contributed by atoms with Crippen molar-refractivity contribution in [1.29, 1.82) is 0 Å². The molecule has 0 saturated carbocycles. The molecular weight excluding hydrogens is 687 g/mol. The molecule has 5 heteroatoms. The molecule has 0 aliphatic carbocycles. The Bertz CT molecular complexity index is 3210. The quantitative estimate of drug-likeness (QED) is 0.164. The number of furan rings is 1. The fraction of sp³-hybridized carbons (Fsp3) is 0. The number of benzene rings is 9. The zero-order chi connectivity index (χ0) is 37.0. The third-order valence-corrected chi connectivity index (χ3v) is 10.6. The lowest BCUT2D eigenvalue weighted by molar-refractivity contribution is 0.623. The van der Waals surface area contributed by atoms with E-state index in [2.05, 4.69) is 168 Å². The first-order valence-electron chi connectivity index (χ1n) is 18.8. The van der Waals surface area contributed by atoms with Crippen LogP contribution in [0.5, 0.6) is 0 Å². The third kappa shape index (κ3) is 5.37. The fourth-order valence-corrected chi connectivity index (χ4v) is 8.01. The number of hydrogen-bond acceptors (Lipinski definition) is 5. The van der Waals surface area contributed by atoms with E-state index in [9.17, 15) is 0 Å². The molecule has 0 radical (unpaired) electrons. The molecule has 0 fully saturated rings. The Balaban J connectivity index is 1.23. The molecule has 2 aromatic heterocycles. The number of para-hydroxylation sites is 3. The average Bonchev–Trinajstić information content (AvgIpc) is 3.87. The third-order valence-electron chi connectivity index (χ3n) is 10.6. The van der Waals surface area contributed by atoms with Gasteiger partial charge < -0.3 is 18.6 Å². The van der Waals surface area contributed by atoms with Crippen LogP contribution in [0.3, 0.4) is 0 Å². The molecular formula is C51H33N3O2. The minimum Gasteiger partial charge on any atom is -0.456 e. The lowest BCUT2D eigenvalue weighted by atomic mass is 10.0. The average molecular weight is 720 g/mol. The predicted octanol–water partition coefficient (Wildman–Crippen LogP) is 14.6. The van der Waals surface area contributed by atoms with Gasteiger partial charge in [-0.05, 0) is 107 Å². The summed E-state index contributed by atoms with van der Waals surface area (Å²) < 4.78 is 13.1. The van der Waals surface area contributed by atoms with E-state index in [0.717, 1.165) is 83.5 Å². The lowest BCUT2D eigenvalue weighted by Crippen LogP contribution is -2.14. The summed E-state index contributed by atoms with van der Waals surface area (Å²) in [4.78, 5) is 9.69. The number of aromatic nitrogens is 1. The number of fused-ring (bicyclic) bond motifs is 7. The van der Waals surface area contributed by atoms with Crippen molar-refractivity contribution in [3.63, 3.8) is 0 Å². The van der Waals surface area contributed by atoms with Crippen LogP contribution >= 0.6 is 0 Å². The summed E-state index contributed by atoms with van der Waals surface area (Å²) >= 11 is 0. The molecule has 0 amide bonds. The van der Waals surface area contributed by atoms with E-state index in [-0.39, 0.29) is 0 Å². The van der Waals surface area contributed by atoms with Gasteiger partial charge in [-0.25, -0.2) is 4.98 Å². The molecule has 56 heavy (non-hydrogen) atoms. The summed E-state index contributed by atoms with van der Waals surface area (Å²) in [5.41, 5.74) is 10.2. The van der Waals surface area contributed by atoms with Gasteiger partial charge in [-0.1, -0.05) is 109 Å². The van der Waals surface area contributed by atoms with Crippen LogP contribution in [0.1, 0.15) is 0 Å². The molecule has 0 N–H and O–H groups in total. The summed E-state index contributed by atoms with van der Waals surface area (Å²) in [6, 6.07) is 69.9. The van der Waals surface area contributed by atoms with Gasteiger partial charge in [0.25, 0.3) is 0 Å². The van der Waals surface area contributed by atoms with Gasteiger partial charge in [-0.15, -0.1) is 0 Å². The zero-order valence-electron chi connectivity index (χ0n) is 30.2. The Morgan fingerprint density at radius 2 is 0.982 bits per heavy atom. The van der Waals surface area contributed by atoms with Crippen LogP contribution in [0, 0.1) is 0 Å². The van der Waals surface area contributed by atoms with Crippen molar-refractivity contribution in [2.75, 3.05) is 9.80 Å². The van der Waals surface area contributed by atoms with E-state index >= 15 is 0 Å². The Morgan fingerprint density at radius 3 is 1.79 bits per heavy atom. The monoisotopic (exact) mass is 719 g/mol. The summed E-state index contributed by atoms with van der Waals surface area (Å²) in [5, 5.41) is 6.50. The Morgan fingerprint density at radius 1 is 0.375 bits per heavy atom. The standard InChI is InChI=1S/C51H33N3O2/c1-4-15-35(16-5-1)51-52-45-28-25-37-31-42(53(38-18-6-2-7-19-38)40-26-24-34-14-10-11-17-36(34)30-40)33-46(49(37)50(45)56-51)54(39-20-8-3-9-21-39)41-27-29-48-44(32-41)43-22-12-13-23-47(43)55-48/h1-33H. The summed E-state index contributed by atoms with van der Waals surface area (Å²) in [5.74, 6) is 0.586. The summed E-state index contributed by atoms with van der Waals surface area (Å²) in [7, 11) is 0. The minimum atomic E-state index is 0.586. The molecule has 11 rings (SSSR count). The van der Waals surface area contributed by atoms with Gasteiger partial charge in [0.1, 0.15) is 16.7 Å². The van der Waals surface area contributed by atoms with Crippen LogP contribution in [0.25, 0.3) is 66.0 Å². The van der Waals surface area contributed by atoms with Gasteiger partial charge in [0.2, 0.25) is 5.89 Å². The van der Waals surface area contributed by atoms with Crippen LogP contribution in [-0.4, -0.2) is 4.98 Å². The Kier molecular flexibility index (Phi) is 7.42. The van der Waals surface area contributed by atoms with E-state index in [4.69, 9.17) is 13.8 Å². The number of oxazole rings is 1. The van der Waals surface area contributed by atoms with Gasteiger partial charge >= 0.3 is 0 Å². The Labute approximate surface area is 322 Å². The lowest BCUT2D eigenvalue weighted by Gasteiger charge is -2.31. The highest BCUT2D eigenvalue weighted by molar-refractivity contribution is 6.15. The number of rotatable bonds is 7. The fourth-order valence-electron chi connectivity index (χ4n) is 8.01. The van der Waals surface area contributed by atoms with Crippen LogP contribution in [-0.2, 0) is 0 Å². The number of hydrogen-bond donors (Lipinski definition) is 0. The highest BCUT2D eigenvalue weighted by Crippen LogP contribution is 2.48. The van der Waals surface area contributed by atoms with Gasteiger partial charge in [0, 0.05) is 44.8 Å². The first-order valence-corrected chi connectivity index (χ1v) is 18.8. The maximum Gasteiger partial charge on any atom is 0.227 e. The molecule has 9 aromatic carbocycles.